The van der Waals surface area contributed by atoms with Gasteiger partial charge < -0.3 is 9.84 Å². The van der Waals surface area contributed by atoms with Gasteiger partial charge in [0.1, 0.15) is 0 Å². The minimum atomic E-state index is -1.20. The van der Waals surface area contributed by atoms with E-state index >= 15 is 0 Å². The van der Waals surface area contributed by atoms with Crippen LogP contribution < -0.4 is 4.74 Å². The summed E-state index contributed by atoms with van der Waals surface area (Å²) in [5.74, 6) is -1.10. The maximum Gasteiger partial charge on any atom is 0.335 e. The molecule has 0 aromatic heterocycles. The molecule has 0 aliphatic heterocycles. The van der Waals surface area contributed by atoms with Gasteiger partial charge in [0.15, 0.2) is 5.75 Å². The quantitative estimate of drug-likeness (QED) is 0.621. The number of hydrogen-bond acceptors (Lipinski definition) is 4. The molecule has 0 saturated carbocycles. The fourth-order valence-corrected chi connectivity index (χ4v) is 1.57. The lowest BCUT2D eigenvalue weighted by Crippen LogP contribution is -2.12. The van der Waals surface area contributed by atoms with E-state index < -0.39 is 10.9 Å². The molecule has 1 atom stereocenters. The van der Waals surface area contributed by atoms with Gasteiger partial charge in [-0.25, -0.2) is 4.79 Å². The number of rotatable bonds is 6. The first-order valence-corrected chi connectivity index (χ1v) is 5.64. The average Bonchev–Trinajstić information content (AvgIpc) is 2.29. The molecule has 1 rings (SSSR count). The molecule has 1 aromatic carbocycles. The highest BCUT2D eigenvalue weighted by molar-refractivity contribution is 5.88. The Labute approximate surface area is 104 Å². The minimum absolute atomic E-state index is 0.103. The molecule has 1 unspecified atom stereocenters. The summed E-state index contributed by atoms with van der Waals surface area (Å²) in [6, 6.07) is 3.63. The second-order valence-electron chi connectivity index (χ2n) is 3.96. The smallest absolute Gasteiger partial charge is 0.335 e. The molecule has 1 N–H and O–H groups in total. The molecule has 0 amide bonds. The fourth-order valence-electron chi connectivity index (χ4n) is 1.57. The molecule has 0 aliphatic carbocycles. The molecule has 18 heavy (non-hydrogen) atoms. The molecule has 6 nitrogen and oxygen atoms in total. The van der Waals surface area contributed by atoms with Crippen LogP contribution in [0.5, 0.6) is 5.75 Å². The second kappa shape index (κ2) is 6.00. The Morgan fingerprint density at radius 2 is 2.22 bits per heavy atom. The van der Waals surface area contributed by atoms with Gasteiger partial charge in [-0.1, -0.05) is 13.3 Å². The van der Waals surface area contributed by atoms with E-state index in [1.54, 1.807) is 0 Å². The minimum Gasteiger partial charge on any atom is -0.484 e. The van der Waals surface area contributed by atoms with Crippen LogP contribution in [0.4, 0.5) is 5.69 Å². The lowest BCUT2D eigenvalue weighted by molar-refractivity contribution is -0.386. The van der Waals surface area contributed by atoms with Gasteiger partial charge in [0, 0.05) is 6.07 Å². The van der Waals surface area contributed by atoms with Crippen molar-refractivity contribution >= 4 is 11.7 Å². The summed E-state index contributed by atoms with van der Waals surface area (Å²) in [5, 5.41) is 19.7. The van der Waals surface area contributed by atoms with Crippen molar-refractivity contribution in [2.75, 3.05) is 0 Å². The van der Waals surface area contributed by atoms with Gasteiger partial charge >= 0.3 is 11.7 Å². The lowest BCUT2D eigenvalue weighted by Gasteiger charge is -2.13. The molecule has 0 radical (unpaired) electrons. The number of nitrogens with zero attached hydrogens (tertiary/aromatic N) is 1. The van der Waals surface area contributed by atoms with Crippen LogP contribution in [-0.2, 0) is 0 Å². The van der Waals surface area contributed by atoms with Crippen molar-refractivity contribution in [3.63, 3.8) is 0 Å². The van der Waals surface area contributed by atoms with Crippen molar-refractivity contribution in [2.24, 2.45) is 0 Å². The average molecular weight is 253 g/mol. The number of carboxylic acid groups (broad SMARTS) is 1. The molecule has 98 valence electrons. The zero-order valence-corrected chi connectivity index (χ0v) is 10.3. The number of nitro benzene ring substituents is 1. The fraction of sp³-hybridized carbons (Fsp3) is 0.417. The van der Waals surface area contributed by atoms with Gasteiger partial charge in [-0.05, 0) is 25.5 Å². The second-order valence-corrected chi connectivity index (χ2v) is 3.96. The Morgan fingerprint density at radius 1 is 1.56 bits per heavy atom. The summed E-state index contributed by atoms with van der Waals surface area (Å²) in [5.41, 5.74) is -0.449. The van der Waals surface area contributed by atoms with Gasteiger partial charge in [-0.2, -0.15) is 0 Å². The summed E-state index contributed by atoms with van der Waals surface area (Å²) < 4.78 is 5.45. The Hall–Kier alpha value is -2.11. The first-order chi connectivity index (χ1) is 8.45. The van der Waals surface area contributed by atoms with Crippen molar-refractivity contribution in [3.05, 3.63) is 33.9 Å². The third-order valence-electron chi connectivity index (χ3n) is 2.43. The monoisotopic (exact) mass is 253 g/mol. The summed E-state index contributed by atoms with van der Waals surface area (Å²) in [7, 11) is 0. The van der Waals surface area contributed by atoms with Gasteiger partial charge in [-0.15, -0.1) is 0 Å². The molecule has 0 heterocycles. The van der Waals surface area contributed by atoms with Crippen molar-refractivity contribution in [2.45, 2.75) is 32.8 Å². The third kappa shape index (κ3) is 3.44. The van der Waals surface area contributed by atoms with Crippen LogP contribution in [0.15, 0.2) is 18.2 Å². The highest BCUT2D eigenvalue weighted by atomic mass is 16.6. The topological polar surface area (TPSA) is 89.7 Å². The van der Waals surface area contributed by atoms with Crippen molar-refractivity contribution in [3.8, 4) is 5.75 Å². The molecule has 6 heteroatoms. The Morgan fingerprint density at radius 3 is 2.72 bits per heavy atom. The van der Waals surface area contributed by atoms with E-state index in [4.69, 9.17) is 9.84 Å². The van der Waals surface area contributed by atoms with Crippen LogP contribution in [0.2, 0.25) is 0 Å². The maximum atomic E-state index is 10.9. The standard InChI is InChI=1S/C12H15NO5/c1-3-4-8(2)18-11-6-5-9(12(14)15)7-10(11)13(16)17/h5-8H,3-4H2,1-2H3,(H,14,15). The Bertz CT molecular complexity index is 458. The Balaban J connectivity index is 3.04. The van der Waals surface area contributed by atoms with Gasteiger partial charge in [0.25, 0.3) is 0 Å². The largest absolute Gasteiger partial charge is 0.484 e. The number of hydrogen-bond donors (Lipinski definition) is 1. The zero-order chi connectivity index (χ0) is 13.7. The van der Waals surface area contributed by atoms with Crippen molar-refractivity contribution in [1.29, 1.82) is 0 Å². The first kappa shape index (κ1) is 14.0. The molecule has 1 aromatic rings. The van der Waals surface area contributed by atoms with Crippen LogP contribution in [0.3, 0.4) is 0 Å². The van der Waals surface area contributed by atoms with E-state index in [1.807, 2.05) is 13.8 Å². The van der Waals surface area contributed by atoms with E-state index in [2.05, 4.69) is 0 Å². The molecular weight excluding hydrogens is 238 g/mol. The predicted molar refractivity (Wildman–Crippen MR) is 65.1 cm³/mol. The molecule has 0 spiro atoms. The van der Waals surface area contributed by atoms with E-state index in [1.165, 1.54) is 12.1 Å². The van der Waals surface area contributed by atoms with Crippen LogP contribution in [0, 0.1) is 10.1 Å². The van der Waals surface area contributed by atoms with Gasteiger partial charge in [-0.3, -0.25) is 10.1 Å². The summed E-state index contributed by atoms with van der Waals surface area (Å²) in [6.45, 7) is 3.81. The molecular formula is C12H15NO5. The SMILES string of the molecule is CCCC(C)Oc1ccc(C(=O)O)cc1[N+](=O)[O-]. The number of ether oxygens (including phenoxy) is 1. The maximum absolute atomic E-state index is 10.9. The number of nitro groups is 1. The van der Waals surface area contributed by atoms with Crippen LogP contribution >= 0.6 is 0 Å². The highest BCUT2D eigenvalue weighted by Gasteiger charge is 2.19. The van der Waals surface area contributed by atoms with E-state index in [-0.39, 0.29) is 23.1 Å². The third-order valence-corrected chi connectivity index (χ3v) is 2.43. The zero-order valence-electron chi connectivity index (χ0n) is 10.3. The van der Waals surface area contributed by atoms with Crippen molar-refractivity contribution in [1.82, 2.24) is 0 Å². The van der Waals surface area contributed by atoms with Gasteiger partial charge in [0.05, 0.1) is 16.6 Å². The molecule has 0 fully saturated rings. The normalized spacial score (nSPS) is 11.9. The molecule has 0 saturated heterocycles. The number of aromatic carboxylic acids is 1. The number of carboxylic acids is 1. The number of carbonyl (C=O) groups is 1. The molecule has 0 bridgehead atoms. The van der Waals surface area contributed by atoms with Gasteiger partial charge in [0.2, 0.25) is 0 Å². The first-order valence-electron chi connectivity index (χ1n) is 5.64. The van der Waals surface area contributed by atoms with E-state index in [9.17, 15) is 14.9 Å². The van der Waals surface area contributed by atoms with Crippen LogP contribution in [-0.4, -0.2) is 22.1 Å². The van der Waals surface area contributed by atoms with Crippen molar-refractivity contribution < 1.29 is 19.6 Å². The van der Waals surface area contributed by atoms with E-state index in [0.29, 0.717) is 0 Å². The highest BCUT2D eigenvalue weighted by Crippen LogP contribution is 2.29. The van der Waals surface area contributed by atoms with Crippen LogP contribution in [0.25, 0.3) is 0 Å². The van der Waals surface area contributed by atoms with E-state index in [0.717, 1.165) is 18.9 Å². The summed E-state index contributed by atoms with van der Waals surface area (Å²) >= 11 is 0. The number of benzene rings is 1. The van der Waals surface area contributed by atoms with Crippen LogP contribution in [0.1, 0.15) is 37.0 Å². The lowest BCUT2D eigenvalue weighted by atomic mass is 10.2. The molecule has 0 aliphatic rings. The summed E-state index contributed by atoms with van der Waals surface area (Å²) in [6.07, 6.45) is 1.53. The predicted octanol–water partition coefficient (Wildman–Crippen LogP) is 2.86. The summed E-state index contributed by atoms with van der Waals surface area (Å²) in [4.78, 5) is 21.0. The Kier molecular flexibility index (Phi) is 4.65.